The van der Waals surface area contributed by atoms with Crippen molar-refractivity contribution in [3.05, 3.63) is 35.9 Å². The van der Waals surface area contributed by atoms with Gasteiger partial charge in [-0.25, -0.2) is 4.98 Å². The fourth-order valence-electron chi connectivity index (χ4n) is 1.28. The molecule has 15 heavy (non-hydrogen) atoms. The van der Waals surface area contributed by atoms with Crippen molar-refractivity contribution in [3.8, 4) is 23.1 Å². The van der Waals surface area contributed by atoms with E-state index in [4.69, 9.17) is 9.68 Å². The lowest BCUT2D eigenvalue weighted by atomic mass is 10.1. The molecule has 0 aliphatic heterocycles. The highest BCUT2D eigenvalue weighted by Gasteiger charge is 2.06. The quantitative estimate of drug-likeness (QED) is 0.766. The molecular weight excluding hydrogens is 192 g/mol. The van der Waals surface area contributed by atoms with Crippen LogP contribution in [0.5, 0.6) is 5.75 Å². The Hall–Kier alpha value is -2.28. The molecule has 0 bridgehead atoms. The summed E-state index contributed by atoms with van der Waals surface area (Å²) in [6.07, 6.45) is 1.51. The molecule has 0 unspecified atom stereocenters. The maximum Gasteiger partial charge on any atom is 0.191 e. The number of phenols is 1. The molecule has 1 aromatic heterocycles. The number of aromatic hydroxyl groups is 1. The zero-order chi connectivity index (χ0) is 10.8. The molecule has 0 spiro atoms. The minimum Gasteiger partial charge on any atom is -0.507 e. The van der Waals surface area contributed by atoms with Crippen LogP contribution in [0.3, 0.4) is 0 Å². The van der Waals surface area contributed by atoms with Crippen molar-refractivity contribution in [2.75, 3.05) is 0 Å². The van der Waals surface area contributed by atoms with Crippen molar-refractivity contribution in [3.63, 3.8) is 0 Å². The molecule has 0 radical (unpaired) electrons. The first-order valence-electron chi connectivity index (χ1n) is 4.36. The summed E-state index contributed by atoms with van der Waals surface area (Å²) < 4.78 is 5.06. The highest BCUT2D eigenvalue weighted by molar-refractivity contribution is 5.62. The molecular formula is C11H8N2O2. The number of aryl methyl sites for hydroxylation is 1. The number of rotatable bonds is 1. The highest BCUT2D eigenvalue weighted by Crippen LogP contribution is 2.25. The van der Waals surface area contributed by atoms with Crippen LogP contribution in [-0.4, -0.2) is 10.1 Å². The Morgan fingerprint density at radius 1 is 1.47 bits per heavy atom. The second-order valence-corrected chi connectivity index (χ2v) is 3.10. The van der Waals surface area contributed by atoms with Gasteiger partial charge in [0.05, 0.1) is 5.56 Å². The molecule has 0 aliphatic rings. The highest BCUT2D eigenvalue weighted by atomic mass is 16.3. The van der Waals surface area contributed by atoms with Gasteiger partial charge in [-0.1, -0.05) is 6.07 Å². The van der Waals surface area contributed by atoms with Crippen LogP contribution in [0.2, 0.25) is 0 Å². The van der Waals surface area contributed by atoms with Crippen LogP contribution < -0.4 is 0 Å². The van der Waals surface area contributed by atoms with Gasteiger partial charge < -0.3 is 9.52 Å². The summed E-state index contributed by atoms with van der Waals surface area (Å²) >= 11 is 0. The van der Waals surface area contributed by atoms with E-state index in [-0.39, 0.29) is 11.3 Å². The van der Waals surface area contributed by atoms with E-state index in [1.54, 1.807) is 19.1 Å². The largest absolute Gasteiger partial charge is 0.507 e. The van der Waals surface area contributed by atoms with Gasteiger partial charge in [0, 0.05) is 12.5 Å². The fourth-order valence-corrected chi connectivity index (χ4v) is 1.28. The lowest BCUT2D eigenvalue weighted by Crippen LogP contribution is -1.81. The number of hydrogen-bond donors (Lipinski definition) is 1. The molecule has 0 aliphatic carbocycles. The summed E-state index contributed by atoms with van der Waals surface area (Å²) in [6, 6.07) is 6.65. The van der Waals surface area contributed by atoms with Crippen molar-refractivity contribution in [2.24, 2.45) is 0 Å². The molecule has 1 N–H and O–H groups in total. The average molecular weight is 200 g/mol. The zero-order valence-electron chi connectivity index (χ0n) is 8.06. The van der Waals surface area contributed by atoms with Crippen LogP contribution in [0, 0.1) is 18.3 Å². The lowest BCUT2D eigenvalue weighted by Gasteiger charge is -1.98. The summed E-state index contributed by atoms with van der Waals surface area (Å²) in [5.74, 6) is 0.518. The summed E-state index contributed by atoms with van der Waals surface area (Å²) in [5, 5.41) is 18.1. The standard InChI is InChI=1S/C11H8N2O2/c1-7-13-10(6-15-7)8-2-3-9(5-12)11(14)4-8/h2-4,6,14H,1H3. The lowest BCUT2D eigenvalue weighted by molar-refractivity contribution is 0.474. The van der Waals surface area contributed by atoms with Gasteiger partial charge in [0.25, 0.3) is 0 Å². The van der Waals surface area contributed by atoms with Gasteiger partial charge in [0.1, 0.15) is 23.8 Å². The van der Waals surface area contributed by atoms with E-state index in [1.807, 2.05) is 6.07 Å². The van der Waals surface area contributed by atoms with E-state index in [0.717, 1.165) is 5.56 Å². The monoisotopic (exact) mass is 200 g/mol. The second kappa shape index (κ2) is 3.46. The first kappa shape index (κ1) is 9.28. The Bertz CT molecular complexity index is 538. The van der Waals surface area contributed by atoms with Gasteiger partial charge in [-0.3, -0.25) is 0 Å². The summed E-state index contributed by atoms with van der Waals surface area (Å²) in [7, 11) is 0. The molecule has 0 fully saturated rings. The molecule has 2 aromatic rings. The Morgan fingerprint density at radius 2 is 2.27 bits per heavy atom. The smallest absolute Gasteiger partial charge is 0.191 e. The molecule has 0 saturated carbocycles. The average Bonchev–Trinajstić information content (AvgIpc) is 2.65. The second-order valence-electron chi connectivity index (χ2n) is 3.10. The number of hydrogen-bond acceptors (Lipinski definition) is 4. The van der Waals surface area contributed by atoms with Crippen molar-refractivity contribution >= 4 is 0 Å². The van der Waals surface area contributed by atoms with E-state index in [9.17, 15) is 5.11 Å². The predicted octanol–water partition coefficient (Wildman–Crippen LogP) is 2.23. The number of benzene rings is 1. The van der Waals surface area contributed by atoms with Crippen molar-refractivity contribution in [1.82, 2.24) is 4.98 Å². The summed E-state index contributed by atoms with van der Waals surface area (Å²) in [4.78, 5) is 4.12. The number of phenolic OH excluding ortho intramolecular Hbond substituents is 1. The first-order chi connectivity index (χ1) is 7.20. The summed E-state index contributed by atoms with van der Waals surface area (Å²) in [6.45, 7) is 1.74. The van der Waals surface area contributed by atoms with Crippen LogP contribution >= 0.6 is 0 Å². The Morgan fingerprint density at radius 3 is 2.80 bits per heavy atom. The SMILES string of the molecule is Cc1nc(-c2ccc(C#N)c(O)c2)co1. The summed E-state index contributed by atoms with van der Waals surface area (Å²) in [5.41, 5.74) is 1.62. The Balaban J connectivity index is 2.48. The van der Waals surface area contributed by atoms with Crippen molar-refractivity contribution < 1.29 is 9.52 Å². The molecule has 1 heterocycles. The van der Waals surface area contributed by atoms with Crippen LogP contribution in [0.4, 0.5) is 0 Å². The number of aromatic nitrogens is 1. The number of oxazole rings is 1. The van der Waals surface area contributed by atoms with Gasteiger partial charge in [-0.2, -0.15) is 5.26 Å². The fraction of sp³-hybridized carbons (Fsp3) is 0.0909. The van der Waals surface area contributed by atoms with Gasteiger partial charge >= 0.3 is 0 Å². The molecule has 4 nitrogen and oxygen atoms in total. The van der Waals surface area contributed by atoms with E-state index >= 15 is 0 Å². The zero-order valence-corrected chi connectivity index (χ0v) is 8.06. The molecule has 4 heteroatoms. The van der Waals surface area contributed by atoms with Gasteiger partial charge in [-0.15, -0.1) is 0 Å². The molecule has 74 valence electrons. The van der Waals surface area contributed by atoms with E-state index < -0.39 is 0 Å². The van der Waals surface area contributed by atoms with Crippen LogP contribution in [0.1, 0.15) is 11.5 Å². The van der Waals surface area contributed by atoms with Gasteiger partial charge in [0.2, 0.25) is 0 Å². The van der Waals surface area contributed by atoms with Gasteiger partial charge in [0.15, 0.2) is 5.89 Å². The molecule has 2 rings (SSSR count). The third-order valence-electron chi connectivity index (χ3n) is 2.03. The minimum atomic E-state index is -0.0457. The molecule has 0 saturated heterocycles. The first-order valence-corrected chi connectivity index (χ1v) is 4.36. The molecule has 0 amide bonds. The third kappa shape index (κ3) is 1.67. The minimum absolute atomic E-state index is 0.0457. The molecule has 0 atom stereocenters. The Kier molecular flexibility index (Phi) is 2.14. The predicted molar refractivity (Wildman–Crippen MR) is 53.1 cm³/mol. The van der Waals surface area contributed by atoms with Crippen LogP contribution in [-0.2, 0) is 0 Å². The van der Waals surface area contributed by atoms with E-state index in [0.29, 0.717) is 11.6 Å². The van der Waals surface area contributed by atoms with Crippen LogP contribution in [0.25, 0.3) is 11.3 Å². The third-order valence-corrected chi connectivity index (χ3v) is 2.03. The van der Waals surface area contributed by atoms with Gasteiger partial charge in [-0.05, 0) is 12.1 Å². The normalized spacial score (nSPS) is 9.87. The Labute approximate surface area is 86.4 Å². The van der Waals surface area contributed by atoms with Crippen molar-refractivity contribution in [1.29, 1.82) is 5.26 Å². The van der Waals surface area contributed by atoms with Crippen molar-refractivity contribution in [2.45, 2.75) is 6.92 Å². The maximum atomic E-state index is 9.48. The van der Waals surface area contributed by atoms with Crippen LogP contribution in [0.15, 0.2) is 28.9 Å². The number of nitrogens with zero attached hydrogens (tertiary/aromatic N) is 2. The number of nitriles is 1. The topological polar surface area (TPSA) is 70.0 Å². The maximum absolute atomic E-state index is 9.48. The van der Waals surface area contributed by atoms with E-state index in [2.05, 4.69) is 4.98 Å². The van der Waals surface area contributed by atoms with E-state index in [1.165, 1.54) is 12.3 Å². The molecule has 1 aromatic carbocycles.